The van der Waals surface area contributed by atoms with Crippen molar-refractivity contribution in [1.82, 2.24) is 14.3 Å². The van der Waals surface area contributed by atoms with Crippen molar-refractivity contribution in [1.29, 1.82) is 0 Å². The highest BCUT2D eigenvalue weighted by atomic mass is 32.2. The molecule has 0 saturated carbocycles. The van der Waals surface area contributed by atoms with Gasteiger partial charge in [-0.2, -0.15) is 0 Å². The van der Waals surface area contributed by atoms with Gasteiger partial charge in [-0.15, -0.1) is 0 Å². The Kier molecular flexibility index (Phi) is 4.24. The van der Waals surface area contributed by atoms with Crippen LogP contribution in [0.4, 0.5) is 0 Å². The largest absolute Gasteiger partial charge is 0.480 e. The number of aliphatic carboxylic acids is 1. The van der Waals surface area contributed by atoms with Crippen molar-refractivity contribution < 1.29 is 18.3 Å². The number of sulfonamides is 1. The summed E-state index contributed by atoms with van der Waals surface area (Å²) >= 11 is 0. The van der Waals surface area contributed by atoms with Crippen LogP contribution in [0.2, 0.25) is 0 Å². The SMILES string of the molecule is CC(Cn1ccnc1)NS(=O)(=O)C(C)C(=O)O. The number of hydrogen-bond acceptors (Lipinski definition) is 4. The summed E-state index contributed by atoms with van der Waals surface area (Å²) < 4.78 is 27.2. The third-order valence-electron chi connectivity index (χ3n) is 2.22. The van der Waals surface area contributed by atoms with E-state index >= 15 is 0 Å². The summed E-state index contributed by atoms with van der Waals surface area (Å²) in [6, 6.07) is -0.406. The standard InChI is InChI=1S/C9H15N3O4S/c1-7(5-12-4-3-10-6-12)11-17(15,16)8(2)9(13)14/h3-4,6-8,11H,5H2,1-2H3,(H,13,14). The van der Waals surface area contributed by atoms with Gasteiger partial charge < -0.3 is 9.67 Å². The topological polar surface area (TPSA) is 101 Å². The van der Waals surface area contributed by atoms with Crippen LogP contribution in [0, 0.1) is 0 Å². The van der Waals surface area contributed by atoms with Gasteiger partial charge in [0.15, 0.2) is 5.25 Å². The Morgan fingerprint density at radius 2 is 2.18 bits per heavy atom. The molecule has 0 fully saturated rings. The quantitative estimate of drug-likeness (QED) is 0.729. The second kappa shape index (κ2) is 5.28. The van der Waals surface area contributed by atoms with Gasteiger partial charge in [0.2, 0.25) is 10.0 Å². The minimum atomic E-state index is -3.85. The van der Waals surface area contributed by atoms with Crippen molar-refractivity contribution in [2.45, 2.75) is 31.7 Å². The molecule has 8 heteroatoms. The molecule has 2 unspecified atom stereocenters. The molecule has 1 heterocycles. The molecule has 96 valence electrons. The van der Waals surface area contributed by atoms with Gasteiger partial charge in [0, 0.05) is 25.0 Å². The van der Waals surface area contributed by atoms with Crippen LogP contribution in [-0.2, 0) is 21.4 Å². The third kappa shape index (κ3) is 3.82. The van der Waals surface area contributed by atoms with E-state index in [4.69, 9.17) is 5.11 Å². The molecule has 7 nitrogen and oxygen atoms in total. The van der Waals surface area contributed by atoms with Crippen molar-refractivity contribution in [2.75, 3.05) is 0 Å². The van der Waals surface area contributed by atoms with Crippen molar-refractivity contribution in [3.05, 3.63) is 18.7 Å². The van der Waals surface area contributed by atoms with E-state index in [9.17, 15) is 13.2 Å². The molecule has 1 aromatic rings. The maximum atomic E-state index is 11.6. The van der Waals surface area contributed by atoms with E-state index in [0.717, 1.165) is 6.92 Å². The number of aromatic nitrogens is 2. The first-order valence-corrected chi connectivity index (χ1v) is 6.57. The number of nitrogens with one attached hydrogen (secondary N) is 1. The van der Waals surface area contributed by atoms with Gasteiger partial charge in [0.25, 0.3) is 0 Å². The van der Waals surface area contributed by atoms with Crippen molar-refractivity contribution in [3.63, 3.8) is 0 Å². The van der Waals surface area contributed by atoms with E-state index in [2.05, 4.69) is 9.71 Å². The van der Waals surface area contributed by atoms with E-state index < -0.39 is 27.3 Å². The Morgan fingerprint density at radius 1 is 1.53 bits per heavy atom. The predicted molar refractivity (Wildman–Crippen MR) is 60.8 cm³/mol. The van der Waals surface area contributed by atoms with Crippen LogP contribution in [0.25, 0.3) is 0 Å². The first-order valence-electron chi connectivity index (χ1n) is 5.02. The molecular weight excluding hydrogens is 246 g/mol. The summed E-state index contributed by atoms with van der Waals surface area (Å²) in [5.74, 6) is -1.37. The molecule has 1 aromatic heterocycles. The first-order chi connectivity index (χ1) is 7.83. The number of imidazole rings is 1. The van der Waals surface area contributed by atoms with E-state index in [-0.39, 0.29) is 0 Å². The molecule has 17 heavy (non-hydrogen) atoms. The zero-order valence-electron chi connectivity index (χ0n) is 9.57. The van der Waals surface area contributed by atoms with Crippen molar-refractivity contribution in [3.8, 4) is 0 Å². The molecule has 0 amide bonds. The van der Waals surface area contributed by atoms with Crippen LogP contribution in [-0.4, -0.2) is 40.3 Å². The van der Waals surface area contributed by atoms with Crippen LogP contribution in [0.15, 0.2) is 18.7 Å². The molecule has 0 aliphatic rings. The van der Waals surface area contributed by atoms with Crippen LogP contribution in [0.5, 0.6) is 0 Å². The number of nitrogens with zero attached hydrogens (tertiary/aromatic N) is 2. The van der Waals surface area contributed by atoms with Crippen molar-refractivity contribution in [2.24, 2.45) is 0 Å². The lowest BCUT2D eigenvalue weighted by molar-refractivity contribution is -0.136. The van der Waals surface area contributed by atoms with E-state index in [1.54, 1.807) is 30.2 Å². The molecule has 0 saturated heterocycles. The summed E-state index contributed by atoms with van der Waals surface area (Å²) in [4.78, 5) is 14.4. The number of carboxylic acid groups (broad SMARTS) is 1. The molecule has 2 atom stereocenters. The molecule has 0 radical (unpaired) electrons. The Morgan fingerprint density at radius 3 is 2.65 bits per heavy atom. The highest BCUT2D eigenvalue weighted by Gasteiger charge is 2.28. The maximum Gasteiger partial charge on any atom is 0.323 e. The van der Waals surface area contributed by atoms with Gasteiger partial charge in [-0.3, -0.25) is 4.79 Å². The summed E-state index contributed by atoms with van der Waals surface area (Å²) in [5, 5.41) is 7.19. The molecule has 0 aromatic carbocycles. The molecular formula is C9H15N3O4S. The lowest BCUT2D eigenvalue weighted by Gasteiger charge is -2.16. The Bertz CT molecular complexity index is 468. The summed E-state index contributed by atoms with van der Waals surface area (Å²) in [5.41, 5.74) is 0. The highest BCUT2D eigenvalue weighted by Crippen LogP contribution is 2.01. The van der Waals surface area contributed by atoms with Gasteiger partial charge >= 0.3 is 5.97 Å². The molecule has 0 aliphatic heterocycles. The summed E-state index contributed by atoms with van der Waals surface area (Å²) in [6.07, 6.45) is 4.85. The number of rotatable bonds is 6. The van der Waals surface area contributed by atoms with Gasteiger partial charge in [-0.05, 0) is 13.8 Å². The molecule has 0 bridgehead atoms. The second-order valence-electron chi connectivity index (χ2n) is 3.80. The number of carboxylic acids is 1. The van der Waals surface area contributed by atoms with Crippen LogP contribution >= 0.6 is 0 Å². The Balaban J connectivity index is 2.62. The van der Waals surface area contributed by atoms with E-state index in [1.807, 2.05) is 0 Å². The normalized spacial score (nSPS) is 15.4. The molecule has 1 rings (SSSR count). The van der Waals surface area contributed by atoms with Gasteiger partial charge in [0.05, 0.1) is 6.33 Å². The van der Waals surface area contributed by atoms with Gasteiger partial charge in [0.1, 0.15) is 0 Å². The molecule has 2 N–H and O–H groups in total. The second-order valence-corrected chi connectivity index (χ2v) is 5.84. The number of hydrogen-bond donors (Lipinski definition) is 2. The minimum Gasteiger partial charge on any atom is -0.480 e. The maximum absolute atomic E-state index is 11.6. The van der Waals surface area contributed by atoms with Gasteiger partial charge in [-0.1, -0.05) is 0 Å². The van der Waals surface area contributed by atoms with Crippen LogP contribution < -0.4 is 4.72 Å². The number of carbonyl (C=O) groups is 1. The zero-order valence-corrected chi connectivity index (χ0v) is 10.4. The highest BCUT2D eigenvalue weighted by molar-refractivity contribution is 7.90. The fourth-order valence-corrected chi connectivity index (χ4v) is 2.37. The minimum absolute atomic E-state index is 0.394. The van der Waals surface area contributed by atoms with Crippen LogP contribution in [0.3, 0.4) is 0 Å². The zero-order chi connectivity index (χ0) is 13.1. The summed E-state index contributed by atoms with van der Waals surface area (Å²) in [6.45, 7) is 3.19. The fraction of sp³-hybridized carbons (Fsp3) is 0.556. The average Bonchev–Trinajstić information content (AvgIpc) is 2.67. The molecule has 0 spiro atoms. The summed E-state index contributed by atoms with van der Waals surface area (Å²) in [7, 11) is -3.85. The molecule has 0 aliphatic carbocycles. The first kappa shape index (κ1) is 13.7. The lowest BCUT2D eigenvalue weighted by Crippen LogP contribution is -2.43. The predicted octanol–water partition coefficient (Wildman–Crippen LogP) is -0.336. The fourth-order valence-electron chi connectivity index (χ4n) is 1.26. The van der Waals surface area contributed by atoms with E-state index in [1.165, 1.54) is 0 Å². The van der Waals surface area contributed by atoms with Gasteiger partial charge in [-0.25, -0.2) is 18.1 Å². The monoisotopic (exact) mass is 261 g/mol. The smallest absolute Gasteiger partial charge is 0.323 e. The lowest BCUT2D eigenvalue weighted by atomic mass is 10.4. The van der Waals surface area contributed by atoms with Crippen molar-refractivity contribution >= 4 is 16.0 Å². The average molecular weight is 261 g/mol. The van der Waals surface area contributed by atoms with Crippen LogP contribution in [0.1, 0.15) is 13.8 Å². The Labute approximate surface area is 99.5 Å². The third-order valence-corrected chi connectivity index (χ3v) is 4.09. The Hall–Kier alpha value is -1.41. The van der Waals surface area contributed by atoms with E-state index in [0.29, 0.717) is 6.54 Å².